The maximum atomic E-state index is 13.0. The van der Waals surface area contributed by atoms with Crippen LogP contribution in [0.25, 0.3) is 0 Å². The number of sulfone groups is 1. The highest BCUT2D eigenvalue weighted by molar-refractivity contribution is 7.90. The van der Waals surface area contributed by atoms with Crippen molar-refractivity contribution in [2.24, 2.45) is 5.41 Å². The average Bonchev–Trinajstić information content (AvgIpc) is 3.41. The molecule has 1 aliphatic carbocycles. The number of rotatable bonds is 3. The van der Waals surface area contributed by atoms with E-state index >= 15 is 0 Å². The second kappa shape index (κ2) is 6.41. The highest BCUT2D eigenvalue weighted by Gasteiger charge is 2.54. The number of anilines is 4. The van der Waals surface area contributed by atoms with Gasteiger partial charge < -0.3 is 15.1 Å². The number of carbonyl (C=O) groups is 1. The van der Waals surface area contributed by atoms with E-state index in [2.05, 4.69) is 29.0 Å². The molecule has 0 unspecified atom stereocenters. The molecule has 1 aromatic carbocycles. The Balaban J connectivity index is 1.49. The van der Waals surface area contributed by atoms with Gasteiger partial charge in [-0.25, -0.2) is 13.4 Å². The predicted molar refractivity (Wildman–Crippen MR) is 116 cm³/mol. The minimum Gasteiger partial charge on any atom is -0.351 e. The van der Waals surface area contributed by atoms with Crippen LogP contribution in [0.4, 0.5) is 23.1 Å². The molecule has 1 saturated carbocycles. The van der Waals surface area contributed by atoms with Gasteiger partial charge in [0.2, 0.25) is 11.9 Å². The van der Waals surface area contributed by atoms with Crippen molar-refractivity contribution in [3.8, 4) is 0 Å². The van der Waals surface area contributed by atoms with Gasteiger partial charge in [0.05, 0.1) is 23.1 Å². The van der Waals surface area contributed by atoms with Crippen molar-refractivity contribution in [3.63, 3.8) is 0 Å². The number of carbonyl (C=O) groups excluding carboxylic acids is 1. The first-order chi connectivity index (χ1) is 14.2. The summed E-state index contributed by atoms with van der Waals surface area (Å²) in [6, 6.07) is 5.73. The van der Waals surface area contributed by atoms with Gasteiger partial charge in [0.15, 0.2) is 15.7 Å². The number of hydrogen-bond donors (Lipinski definition) is 1. The van der Waals surface area contributed by atoms with Crippen molar-refractivity contribution in [3.05, 3.63) is 35.5 Å². The standard InChI is InChI=1S/C21H25N5O3S/c1-13(2)26-12-21(6-7-21)19(27)25(3)17-9-22-20(24-18(17)26)23-16-5-4-14-10-30(28,29)11-15(14)8-16/h4-5,8-9,13H,6-7,10-12H2,1-3H3,(H,22,23,24). The smallest absolute Gasteiger partial charge is 0.234 e. The molecule has 0 saturated heterocycles. The summed E-state index contributed by atoms with van der Waals surface area (Å²) in [4.78, 5) is 26.1. The zero-order valence-electron chi connectivity index (χ0n) is 17.3. The minimum atomic E-state index is -3.05. The van der Waals surface area contributed by atoms with Gasteiger partial charge >= 0.3 is 0 Å². The molecule has 2 aromatic rings. The van der Waals surface area contributed by atoms with Gasteiger partial charge in [0.1, 0.15) is 5.69 Å². The molecule has 1 N–H and O–H groups in total. The Kier molecular flexibility index (Phi) is 4.12. The van der Waals surface area contributed by atoms with Crippen molar-refractivity contribution in [1.82, 2.24) is 9.97 Å². The normalized spacial score (nSPS) is 20.9. The van der Waals surface area contributed by atoms with Gasteiger partial charge in [-0.3, -0.25) is 4.79 Å². The van der Waals surface area contributed by atoms with Gasteiger partial charge in [-0.15, -0.1) is 0 Å². The maximum absolute atomic E-state index is 13.0. The monoisotopic (exact) mass is 427 g/mol. The first-order valence-electron chi connectivity index (χ1n) is 10.2. The summed E-state index contributed by atoms with van der Waals surface area (Å²) in [6.45, 7) is 4.87. The average molecular weight is 428 g/mol. The molecular weight excluding hydrogens is 402 g/mol. The Morgan fingerprint density at radius 3 is 2.60 bits per heavy atom. The number of fused-ring (bicyclic) bond motifs is 2. The fourth-order valence-electron chi connectivity index (χ4n) is 4.39. The summed E-state index contributed by atoms with van der Waals surface area (Å²) in [5.41, 5.74) is 2.82. The second-order valence-corrected chi connectivity index (χ2v) is 11.0. The van der Waals surface area contributed by atoms with E-state index in [9.17, 15) is 13.2 Å². The Morgan fingerprint density at radius 2 is 1.90 bits per heavy atom. The van der Waals surface area contributed by atoms with Crippen LogP contribution in [0.15, 0.2) is 24.4 Å². The Morgan fingerprint density at radius 1 is 1.17 bits per heavy atom. The lowest BCUT2D eigenvalue weighted by atomic mass is 10.1. The van der Waals surface area contributed by atoms with Crippen LogP contribution in [-0.2, 0) is 26.1 Å². The molecule has 1 amide bonds. The van der Waals surface area contributed by atoms with Crippen LogP contribution < -0.4 is 15.1 Å². The molecule has 2 aliphatic heterocycles. The number of benzene rings is 1. The van der Waals surface area contributed by atoms with Crippen LogP contribution >= 0.6 is 0 Å². The number of amides is 1. The van der Waals surface area contributed by atoms with Gasteiger partial charge in [-0.1, -0.05) is 6.07 Å². The summed E-state index contributed by atoms with van der Waals surface area (Å²) in [7, 11) is -1.25. The van der Waals surface area contributed by atoms with Crippen molar-refractivity contribution in [2.45, 2.75) is 44.2 Å². The van der Waals surface area contributed by atoms with Gasteiger partial charge in [-0.2, -0.15) is 4.98 Å². The van der Waals surface area contributed by atoms with E-state index in [1.807, 2.05) is 18.2 Å². The molecule has 8 nitrogen and oxygen atoms in total. The van der Waals surface area contributed by atoms with Crippen molar-refractivity contribution in [2.75, 3.05) is 28.7 Å². The lowest BCUT2D eigenvalue weighted by Gasteiger charge is -2.29. The highest BCUT2D eigenvalue weighted by Crippen LogP contribution is 2.51. The summed E-state index contributed by atoms with van der Waals surface area (Å²) in [5, 5.41) is 3.21. The van der Waals surface area contributed by atoms with E-state index in [4.69, 9.17) is 4.98 Å². The first kappa shape index (κ1) is 19.3. The number of aromatic nitrogens is 2. The lowest BCUT2D eigenvalue weighted by Crippen LogP contribution is -2.40. The first-order valence-corrected chi connectivity index (χ1v) is 12.0. The van der Waals surface area contributed by atoms with Crippen LogP contribution in [0.5, 0.6) is 0 Å². The van der Waals surface area contributed by atoms with E-state index in [0.29, 0.717) is 18.2 Å². The lowest BCUT2D eigenvalue weighted by molar-refractivity contribution is -0.122. The van der Waals surface area contributed by atoms with E-state index < -0.39 is 9.84 Å². The second-order valence-electron chi connectivity index (χ2n) is 8.91. The largest absolute Gasteiger partial charge is 0.351 e. The number of nitrogens with zero attached hydrogens (tertiary/aromatic N) is 4. The van der Waals surface area contributed by atoms with Gasteiger partial charge in [0, 0.05) is 25.3 Å². The zero-order chi connectivity index (χ0) is 21.3. The van der Waals surface area contributed by atoms with Gasteiger partial charge in [0.25, 0.3) is 0 Å². The van der Waals surface area contributed by atoms with Crippen molar-refractivity contribution < 1.29 is 13.2 Å². The molecule has 1 spiro atoms. The van der Waals surface area contributed by atoms with E-state index in [1.165, 1.54) is 0 Å². The molecule has 1 aromatic heterocycles. The molecule has 9 heteroatoms. The summed E-state index contributed by atoms with van der Waals surface area (Å²) >= 11 is 0. The molecular formula is C21H25N5O3S. The molecule has 158 valence electrons. The quantitative estimate of drug-likeness (QED) is 0.804. The molecule has 0 atom stereocenters. The molecule has 3 aliphatic rings. The zero-order valence-corrected chi connectivity index (χ0v) is 18.2. The van der Waals surface area contributed by atoms with Crippen LogP contribution in [0.2, 0.25) is 0 Å². The molecule has 3 heterocycles. The topological polar surface area (TPSA) is 95.5 Å². The van der Waals surface area contributed by atoms with Crippen LogP contribution in [0.1, 0.15) is 37.8 Å². The van der Waals surface area contributed by atoms with E-state index in [0.717, 1.165) is 35.5 Å². The number of nitrogens with one attached hydrogen (secondary N) is 1. The Bertz CT molecular complexity index is 1160. The summed E-state index contributed by atoms with van der Waals surface area (Å²) < 4.78 is 23.8. The van der Waals surface area contributed by atoms with Crippen LogP contribution in [0.3, 0.4) is 0 Å². The van der Waals surface area contributed by atoms with Crippen molar-refractivity contribution in [1.29, 1.82) is 0 Å². The third-order valence-corrected chi connectivity index (χ3v) is 7.81. The SMILES string of the molecule is CC(C)N1CC2(CC2)C(=O)N(C)c2cnc(Nc3ccc4c(c3)CS(=O)(=O)C4)nc21. The summed E-state index contributed by atoms with van der Waals surface area (Å²) in [5.74, 6) is 1.47. The fourth-order valence-corrected chi connectivity index (χ4v) is 5.99. The van der Waals surface area contributed by atoms with Crippen LogP contribution in [-0.4, -0.2) is 43.9 Å². The molecule has 1 fully saturated rings. The molecule has 5 rings (SSSR count). The third kappa shape index (κ3) is 3.12. The summed E-state index contributed by atoms with van der Waals surface area (Å²) in [6.07, 6.45) is 3.51. The fraction of sp³-hybridized carbons (Fsp3) is 0.476. The third-order valence-electron chi connectivity index (χ3n) is 6.30. The molecule has 0 radical (unpaired) electrons. The molecule has 30 heavy (non-hydrogen) atoms. The molecule has 0 bridgehead atoms. The maximum Gasteiger partial charge on any atom is 0.234 e. The number of hydrogen-bond acceptors (Lipinski definition) is 7. The Labute approximate surface area is 176 Å². The predicted octanol–water partition coefficient (Wildman–Crippen LogP) is 2.62. The van der Waals surface area contributed by atoms with Crippen LogP contribution in [0, 0.1) is 5.41 Å². The highest BCUT2D eigenvalue weighted by atomic mass is 32.2. The Hall–Kier alpha value is -2.68. The van der Waals surface area contributed by atoms with Crippen molar-refractivity contribution >= 4 is 38.9 Å². The van der Waals surface area contributed by atoms with E-state index in [-0.39, 0.29) is 28.9 Å². The minimum absolute atomic E-state index is 0.0685. The van der Waals surface area contributed by atoms with E-state index in [1.54, 1.807) is 18.1 Å². The van der Waals surface area contributed by atoms with Gasteiger partial charge in [-0.05, 0) is 49.9 Å².